The number of ketones is 1. The van der Waals surface area contributed by atoms with Crippen molar-refractivity contribution in [2.24, 2.45) is 11.3 Å². The van der Waals surface area contributed by atoms with Crippen LogP contribution in [0.4, 0.5) is 0 Å². The normalized spacial score (nSPS) is 44.4. The quantitative estimate of drug-likeness (QED) is 0.606. The van der Waals surface area contributed by atoms with Crippen molar-refractivity contribution in [3.63, 3.8) is 0 Å². The summed E-state index contributed by atoms with van der Waals surface area (Å²) in [4.78, 5) is 11.1. The second-order valence-corrected chi connectivity index (χ2v) is 3.46. The van der Waals surface area contributed by atoms with E-state index >= 15 is 0 Å². The minimum absolute atomic E-state index is 0.0848. The van der Waals surface area contributed by atoms with E-state index in [1.165, 1.54) is 6.92 Å². The lowest BCUT2D eigenvalue weighted by Gasteiger charge is -2.23. The average molecular weight is 158 g/mol. The Morgan fingerprint density at radius 1 is 1.73 bits per heavy atom. The molecule has 0 aliphatic carbocycles. The van der Waals surface area contributed by atoms with Crippen molar-refractivity contribution < 1.29 is 14.6 Å². The molecule has 0 bridgehead atoms. The summed E-state index contributed by atoms with van der Waals surface area (Å²) in [6, 6.07) is 0. The van der Waals surface area contributed by atoms with E-state index in [-0.39, 0.29) is 11.7 Å². The van der Waals surface area contributed by atoms with E-state index in [9.17, 15) is 9.90 Å². The number of aliphatic hydroxyl groups excluding tert-OH is 1. The van der Waals surface area contributed by atoms with Crippen LogP contribution in [0, 0.1) is 11.3 Å². The summed E-state index contributed by atoms with van der Waals surface area (Å²) in [5.41, 5.74) is -0.487. The van der Waals surface area contributed by atoms with Crippen LogP contribution in [0.1, 0.15) is 20.8 Å². The Bertz CT molecular complexity index is 178. The molecular formula is C8H14O3. The lowest BCUT2D eigenvalue weighted by Crippen LogP contribution is -2.33. The van der Waals surface area contributed by atoms with Crippen molar-refractivity contribution >= 4 is 5.78 Å². The third-order valence-corrected chi connectivity index (χ3v) is 2.79. The van der Waals surface area contributed by atoms with Gasteiger partial charge in [0.05, 0.1) is 12.0 Å². The van der Waals surface area contributed by atoms with Crippen molar-refractivity contribution in [2.45, 2.75) is 27.1 Å². The molecule has 3 unspecified atom stereocenters. The summed E-state index contributed by atoms with van der Waals surface area (Å²) < 4.78 is 4.98. The molecule has 0 amide bonds. The zero-order valence-electron chi connectivity index (χ0n) is 7.13. The molecule has 1 aliphatic rings. The summed E-state index contributed by atoms with van der Waals surface area (Å²) in [6.07, 6.45) is -0.774. The Morgan fingerprint density at radius 3 is 2.45 bits per heavy atom. The number of hydrogen-bond acceptors (Lipinski definition) is 3. The van der Waals surface area contributed by atoms with Gasteiger partial charge in [-0.3, -0.25) is 4.79 Å². The second kappa shape index (κ2) is 2.57. The lowest BCUT2D eigenvalue weighted by atomic mass is 9.77. The van der Waals surface area contributed by atoms with Crippen LogP contribution in [-0.2, 0) is 9.53 Å². The van der Waals surface area contributed by atoms with Gasteiger partial charge >= 0.3 is 0 Å². The molecule has 11 heavy (non-hydrogen) atoms. The molecule has 0 radical (unpaired) electrons. The molecule has 0 aromatic rings. The number of aliphatic hydroxyl groups is 1. The van der Waals surface area contributed by atoms with Crippen LogP contribution < -0.4 is 0 Å². The fourth-order valence-corrected chi connectivity index (χ4v) is 1.27. The standard InChI is InChI=1S/C8H14O3/c1-5-7(10)11-4-8(5,3)6(2)9/h5,7,10H,4H2,1-3H3. The summed E-state index contributed by atoms with van der Waals surface area (Å²) in [7, 11) is 0. The second-order valence-electron chi connectivity index (χ2n) is 3.46. The molecule has 64 valence electrons. The van der Waals surface area contributed by atoms with Gasteiger partial charge < -0.3 is 9.84 Å². The van der Waals surface area contributed by atoms with Gasteiger partial charge in [-0.15, -0.1) is 0 Å². The zero-order valence-corrected chi connectivity index (χ0v) is 7.13. The Hall–Kier alpha value is -0.410. The summed E-state index contributed by atoms with van der Waals surface area (Å²) in [5.74, 6) is -0.0125. The highest BCUT2D eigenvalue weighted by Crippen LogP contribution is 2.37. The van der Waals surface area contributed by atoms with E-state index in [0.29, 0.717) is 6.61 Å². The predicted octanol–water partition coefficient (Wildman–Crippen LogP) is 0.566. The Kier molecular flexibility index (Phi) is 2.03. The Balaban J connectivity index is 2.81. The molecule has 0 aromatic carbocycles. The van der Waals surface area contributed by atoms with Crippen LogP contribution in [0.25, 0.3) is 0 Å². The molecule has 0 aromatic heterocycles. The van der Waals surface area contributed by atoms with Crippen LogP contribution in [-0.4, -0.2) is 23.8 Å². The fraction of sp³-hybridized carbons (Fsp3) is 0.875. The van der Waals surface area contributed by atoms with Crippen molar-refractivity contribution in [1.82, 2.24) is 0 Å². The molecule has 1 N–H and O–H groups in total. The summed E-state index contributed by atoms with van der Waals surface area (Å²) >= 11 is 0. The van der Waals surface area contributed by atoms with E-state index in [4.69, 9.17) is 4.74 Å². The largest absolute Gasteiger partial charge is 0.368 e. The average Bonchev–Trinajstić information content (AvgIpc) is 2.18. The molecule has 3 heteroatoms. The number of carbonyl (C=O) groups is 1. The highest BCUT2D eigenvalue weighted by Gasteiger charge is 2.46. The fourth-order valence-electron chi connectivity index (χ4n) is 1.27. The molecular weight excluding hydrogens is 144 g/mol. The topological polar surface area (TPSA) is 46.5 Å². The number of rotatable bonds is 1. The van der Waals surface area contributed by atoms with Crippen LogP contribution >= 0.6 is 0 Å². The Morgan fingerprint density at radius 2 is 2.27 bits per heavy atom. The summed E-state index contributed by atoms with van der Waals surface area (Å²) in [5, 5.41) is 9.21. The molecule has 3 atom stereocenters. The first kappa shape index (κ1) is 8.68. The highest BCUT2D eigenvalue weighted by atomic mass is 16.6. The van der Waals surface area contributed by atoms with Gasteiger partial charge in [-0.25, -0.2) is 0 Å². The van der Waals surface area contributed by atoms with Gasteiger partial charge in [-0.2, -0.15) is 0 Å². The van der Waals surface area contributed by atoms with E-state index in [2.05, 4.69) is 0 Å². The lowest BCUT2D eigenvalue weighted by molar-refractivity contribution is -0.127. The molecule has 1 saturated heterocycles. The maximum absolute atomic E-state index is 11.1. The first-order valence-corrected chi connectivity index (χ1v) is 3.79. The van der Waals surface area contributed by atoms with Crippen LogP contribution in [0.15, 0.2) is 0 Å². The minimum atomic E-state index is -0.774. The maximum atomic E-state index is 11.1. The Labute approximate surface area is 66.4 Å². The zero-order chi connectivity index (χ0) is 8.65. The highest BCUT2D eigenvalue weighted by molar-refractivity contribution is 5.82. The molecule has 3 nitrogen and oxygen atoms in total. The number of hydrogen-bond donors (Lipinski definition) is 1. The van der Waals surface area contributed by atoms with E-state index in [0.717, 1.165) is 0 Å². The molecule has 1 rings (SSSR count). The van der Waals surface area contributed by atoms with Crippen molar-refractivity contribution in [3.8, 4) is 0 Å². The first-order valence-electron chi connectivity index (χ1n) is 3.79. The summed E-state index contributed by atoms with van der Waals surface area (Å²) in [6.45, 7) is 5.54. The predicted molar refractivity (Wildman–Crippen MR) is 39.9 cm³/mol. The minimum Gasteiger partial charge on any atom is -0.368 e. The molecule has 1 heterocycles. The van der Waals surface area contributed by atoms with Gasteiger partial charge in [0.2, 0.25) is 0 Å². The molecule has 0 spiro atoms. The van der Waals surface area contributed by atoms with Gasteiger partial charge in [0.1, 0.15) is 5.78 Å². The monoisotopic (exact) mass is 158 g/mol. The van der Waals surface area contributed by atoms with Gasteiger partial charge in [-0.1, -0.05) is 6.92 Å². The van der Waals surface area contributed by atoms with Crippen molar-refractivity contribution in [2.75, 3.05) is 6.61 Å². The smallest absolute Gasteiger partial charge is 0.158 e. The third kappa shape index (κ3) is 1.19. The van der Waals surface area contributed by atoms with E-state index < -0.39 is 11.7 Å². The number of ether oxygens (including phenoxy) is 1. The maximum Gasteiger partial charge on any atom is 0.158 e. The number of carbonyl (C=O) groups excluding carboxylic acids is 1. The molecule has 0 saturated carbocycles. The van der Waals surface area contributed by atoms with Gasteiger partial charge in [0, 0.05) is 5.92 Å². The van der Waals surface area contributed by atoms with Gasteiger partial charge in [0.25, 0.3) is 0 Å². The third-order valence-electron chi connectivity index (χ3n) is 2.79. The van der Waals surface area contributed by atoms with Gasteiger partial charge in [0.15, 0.2) is 6.29 Å². The van der Waals surface area contributed by atoms with Crippen molar-refractivity contribution in [3.05, 3.63) is 0 Å². The van der Waals surface area contributed by atoms with Crippen LogP contribution in [0.5, 0.6) is 0 Å². The SMILES string of the molecule is CC(=O)C1(C)COC(O)C1C. The van der Waals surface area contributed by atoms with Gasteiger partial charge in [-0.05, 0) is 13.8 Å². The van der Waals surface area contributed by atoms with Crippen molar-refractivity contribution in [1.29, 1.82) is 0 Å². The van der Waals surface area contributed by atoms with E-state index in [1.54, 1.807) is 0 Å². The van der Waals surface area contributed by atoms with Crippen LogP contribution in [0.2, 0.25) is 0 Å². The molecule has 1 aliphatic heterocycles. The molecule has 1 fully saturated rings. The first-order chi connectivity index (χ1) is 4.98. The van der Waals surface area contributed by atoms with Crippen LogP contribution in [0.3, 0.4) is 0 Å². The number of Topliss-reactive ketones (excluding diaryl/α,β-unsaturated/α-hetero) is 1. The van der Waals surface area contributed by atoms with E-state index in [1.807, 2.05) is 13.8 Å².